The minimum Gasteiger partial charge on any atom is -0.480 e. The Bertz CT molecular complexity index is 716. The van der Waals surface area contributed by atoms with Gasteiger partial charge in [0.2, 0.25) is 0 Å². The van der Waals surface area contributed by atoms with Crippen LogP contribution in [-0.4, -0.2) is 48.7 Å². The van der Waals surface area contributed by atoms with E-state index in [1.165, 1.54) is 23.3 Å². The van der Waals surface area contributed by atoms with Crippen molar-refractivity contribution in [1.29, 1.82) is 0 Å². The van der Waals surface area contributed by atoms with Crippen LogP contribution in [0.5, 0.6) is 0 Å². The molecule has 2 aromatic rings. The Morgan fingerprint density at radius 2 is 2.09 bits per heavy atom. The average molecular weight is 362 g/mol. The molecular weight excluding hydrogens is 349 g/mol. The number of carbonyl (C=O) groups is 2. The molecule has 0 radical (unpaired) electrons. The van der Waals surface area contributed by atoms with Crippen LogP contribution in [0.2, 0.25) is 10.0 Å². The number of aliphatic carboxylic acids is 1. The van der Waals surface area contributed by atoms with Gasteiger partial charge in [-0.25, -0.2) is 0 Å². The van der Waals surface area contributed by atoms with E-state index in [1.807, 2.05) is 0 Å². The minimum atomic E-state index is -1.09. The molecule has 1 aromatic carbocycles. The molecule has 1 amide bonds. The maximum absolute atomic E-state index is 12.6. The summed E-state index contributed by atoms with van der Waals surface area (Å²) < 4.78 is 5.69. The molecule has 1 heterocycles. The molecule has 0 spiro atoms. The van der Waals surface area contributed by atoms with Crippen molar-refractivity contribution < 1.29 is 19.4 Å². The number of carboxylic acid groups (broad SMARTS) is 1. The lowest BCUT2D eigenvalue weighted by atomic mass is 10.2. The van der Waals surface area contributed by atoms with Gasteiger partial charge >= 0.3 is 5.97 Å². The van der Waals surface area contributed by atoms with Crippen molar-refractivity contribution >= 4 is 56.5 Å². The molecule has 0 saturated heterocycles. The van der Waals surface area contributed by atoms with E-state index < -0.39 is 18.4 Å². The Labute approximate surface area is 141 Å². The zero-order valence-corrected chi connectivity index (χ0v) is 14.0. The fourth-order valence-corrected chi connectivity index (χ4v) is 3.69. The molecule has 0 atom stereocenters. The summed E-state index contributed by atoms with van der Waals surface area (Å²) in [6, 6.07) is 5.15. The van der Waals surface area contributed by atoms with Crippen LogP contribution < -0.4 is 0 Å². The van der Waals surface area contributed by atoms with Gasteiger partial charge in [0.25, 0.3) is 5.91 Å². The number of thiophene rings is 1. The van der Waals surface area contributed by atoms with Gasteiger partial charge in [-0.05, 0) is 12.1 Å². The smallest absolute Gasteiger partial charge is 0.323 e. The topological polar surface area (TPSA) is 66.8 Å². The summed E-state index contributed by atoms with van der Waals surface area (Å²) in [6.45, 7) is 0.00779. The van der Waals surface area contributed by atoms with Crippen molar-refractivity contribution in [3.63, 3.8) is 0 Å². The first-order valence-corrected chi connectivity index (χ1v) is 7.89. The number of amides is 1. The average Bonchev–Trinajstić information content (AvgIpc) is 2.78. The molecule has 0 aliphatic rings. The number of benzene rings is 1. The lowest BCUT2D eigenvalue weighted by Gasteiger charge is -2.19. The second-order valence-electron chi connectivity index (χ2n) is 4.50. The summed E-state index contributed by atoms with van der Waals surface area (Å²) in [6.07, 6.45) is 0. The van der Waals surface area contributed by atoms with Gasteiger partial charge in [0.05, 0.1) is 11.6 Å². The van der Waals surface area contributed by atoms with Crippen molar-refractivity contribution in [1.82, 2.24) is 4.90 Å². The Morgan fingerprint density at radius 3 is 2.73 bits per heavy atom. The van der Waals surface area contributed by atoms with Gasteiger partial charge in [-0.1, -0.05) is 29.3 Å². The Hall–Kier alpha value is -1.34. The van der Waals surface area contributed by atoms with Gasteiger partial charge in [0, 0.05) is 28.8 Å². The van der Waals surface area contributed by atoms with Gasteiger partial charge in [0.1, 0.15) is 11.4 Å². The highest BCUT2D eigenvalue weighted by molar-refractivity contribution is 7.21. The number of fused-ring (bicyclic) bond motifs is 1. The van der Waals surface area contributed by atoms with Crippen molar-refractivity contribution in [2.45, 2.75) is 0 Å². The number of methoxy groups -OCH3 is 1. The van der Waals surface area contributed by atoms with Gasteiger partial charge in [0.15, 0.2) is 0 Å². The molecule has 0 saturated carbocycles. The second-order valence-corrected chi connectivity index (χ2v) is 6.37. The molecule has 1 aromatic heterocycles. The molecule has 1 N–H and O–H groups in total. The summed E-state index contributed by atoms with van der Waals surface area (Å²) >= 11 is 13.4. The molecule has 0 unspecified atom stereocenters. The van der Waals surface area contributed by atoms with Crippen LogP contribution >= 0.6 is 34.5 Å². The van der Waals surface area contributed by atoms with Crippen molar-refractivity contribution in [2.75, 3.05) is 26.8 Å². The third kappa shape index (κ3) is 3.70. The Balaban J connectivity index is 2.37. The van der Waals surface area contributed by atoms with E-state index in [2.05, 4.69) is 0 Å². The standard InChI is InChI=1S/C14H13Cl2NO4S/c1-21-5-4-17(7-11(18)19)14(20)13-12(16)9-3-2-8(15)6-10(9)22-13/h2-3,6H,4-5,7H2,1H3,(H,18,19). The van der Waals surface area contributed by atoms with Gasteiger partial charge in [-0.3, -0.25) is 9.59 Å². The first kappa shape index (κ1) is 17.0. The highest BCUT2D eigenvalue weighted by atomic mass is 35.5. The van der Waals surface area contributed by atoms with Gasteiger partial charge in [-0.15, -0.1) is 11.3 Å². The Morgan fingerprint density at radius 1 is 1.36 bits per heavy atom. The first-order valence-electron chi connectivity index (χ1n) is 6.31. The lowest BCUT2D eigenvalue weighted by Crippen LogP contribution is -2.37. The quantitative estimate of drug-likeness (QED) is 0.856. The zero-order valence-electron chi connectivity index (χ0n) is 11.6. The number of carboxylic acids is 1. The molecular formula is C14H13Cl2NO4S. The summed E-state index contributed by atoms with van der Waals surface area (Å²) in [4.78, 5) is 25.0. The van der Waals surface area contributed by atoms with Crippen LogP contribution in [0.4, 0.5) is 0 Å². The van der Waals surface area contributed by atoms with Crippen molar-refractivity contribution in [3.8, 4) is 0 Å². The van der Waals surface area contributed by atoms with E-state index in [-0.39, 0.29) is 13.2 Å². The molecule has 0 aliphatic carbocycles. The SMILES string of the molecule is COCCN(CC(=O)O)C(=O)c1sc2cc(Cl)ccc2c1Cl. The van der Waals surface area contributed by atoms with Crippen LogP contribution in [0.15, 0.2) is 18.2 Å². The van der Waals surface area contributed by atoms with Crippen LogP contribution in [-0.2, 0) is 9.53 Å². The molecule has 118 valence electrons. The maximum atomic E-state index is 12.6. The van der Waals surface area contributed by atoms with E-state index in [1.54, 1.807) is 18.2 Å². The largest absolute Gasteiger partial charge is 0.480 e. The fraction of sp³-hybridized carbons (Fsp3) is 0.286. The number of hydrogen-bond donors (Lipinski definition) is 1. The zero-order chi connectivity index (χ0) is 16.3. The third-order valence-electron chi connectivity index (χ3n) is 2.96. The summed E-state index contributed by atoms with van der Waals surface area (Å²) in [5.74, 6) is -1.52. The van der Waals surface area contributed by atoms with E-state index in [4.69, 9.17) is 33.0 Å². The second kappa shape index (κ2) is 7.28. The molecule has 0 fully saturated rings. The summed E-state index contributed by atoms with van der Waals surface area (Å²) in [5, 5.41) is 10.5. The summed E-state index contributed by atoms with van der Waals surface area (Å²) in [5.41, 5.74) is 0. The number of carbonyl (C=O) groups excluding carboxylic acids is 1. The molecule has 0 bridgehead atoms. The lowest BCUT2D eigenvalue weighted by molar-refractivity contribution is -0.137. The van der Waals surface area contributed by atoms with Crippen molar-refractivity contribution in [3.05, 3.63) is 33.1 Å². The molecule has 22 heavy (non-hydrogen) atoms. The molecule has 0 aliphatic heterocycles. The number of rotatable bonds is 6. The molecule has 8 heteroatoms. The highest BCUT2D eigenvalue weighted by Gasteiger charge is 2.24. The van der Waals surface area contributed by atoms with Crippen LogP contribution in [0, 0.1) is 0 Å². The van der Waals surface area contributed by atoms with Crippen LogP contribution in [0.3, 0.4) is 0 Å². The number of halogens is 2. The normalized spacial score (nSPS) is 10.9. The van der Waals surface area contributed by atoms with E-state index in [9.17, 15) is 9.59 Å². The third-order valence-corrected chi connectivity index (χ3v) is 4.84. The predicted octanol–water partition coefficient (Wildman–Crippen LogP) is 3.38. The van der Waals surface area contributed by atoms with Gasteiger partial charge < -0.3 is 14.7 Å². The molecule has 2 rings (SSSR count). The van der Waals surface area contributed by atoms with E-state index >= 15 is 0 Å². The number of ether oxygens (including phenoxy) is 1. The number of hydrogen-bond acceptors (Lipinski definition) is 4. The minimum absolute atomic E-state index is 0.174. The number of nitrogens with zero attached hydrogens (tertiary/aromatic N) is 1. The van der Waals surface area contributed by atoms with Crippen molar-refractivity contribution in [2.24, 2.45) is 0 Å². The van der Waals surface area contributed by atoms with Crippen LogP contribution in [0.1, 0.15) is 9.67 Å². The van der Waals surface area contributed by atoms with Crippen LogP contribution in [0.25, 0.3) is 10.1 Å². The van der Waals surface area contributed by atoms with E-state index in [0.717, 1.165) is 10.1 Å². The predicted molar refractivity (Wildman–Crippen MR) is 87.3 cm³/mol. The molecule has 5 nitrogen and oxygen atoms in total. The Kier molecular flexibility index (Phi) is 5.63. The monoisotopic (exact) mass is 361 g/mol. The highest BCUT2D eigenvalue weighted by Crippen LogP contribution is 2.37. The summed E-state index contributed by atoms with van der Waals surface area (Å²) in [7, 11) is 1.48. The van der Waals surface area contributed by atoms with E-state index in [0.29, 0.717) is 14.9 Å². The fourth-order valence-electron chi connectivity index (χ4n) is 1.94. The maximum Gasteiger partial charge on any atom is 0.323 e. The first-order chi connectivity index (χ1) is 10.4. The van der Waals surface area contributed by atoms with Gasteiger partial charge in [-0.2, -0.15) is 0 Å².